The molecule has 99 valence electrons. The van der Waals surface area contributed by atoms with Crippen LogP contribution in [0.25, 0.3) is 10.8 Å². The maximum Gasteiger partial charge on any atom is -0.0146 e. The molecule has 0 unspecified atom stereocenters. The predicted octanol–water partition coefficient (Wildman–Crippen LogP) is 5.65. The third kappa shape index (κ3) is 2.54. The number of hydrogen-bond donors (Lipinski definition) is 0. The van der Waals surface area contributed by atoms with Crippen LogP contribution in [0.15, 0.2) is 36.4 Å². The van der Waals surface area contributed by atoms with E-state index in [-0.39, 0.29) is 0 Å². The second kappa shape index (κ2) is 5.77. The molecule has 0 saturated heterocycles. The van der Waals surface area contributed by atoms with Crippen molar-refractivity contribution in [2.75, 3.05) is 0 Å². The van der Waals surface area contributed by atoms with Crippen LogP contribution in [0.3, 0.4) is 0 Å². The summed E-state index contributed by atoms with van der Waals surface area (Å²) >= 11 is 0. The van der Waals surface area contributed by atoms with Crippen LogP contribution in [0.4, 0.5) is 0 Å². The third-order valence-electron chi connectivity index (χ3n) is 4.54. The van der Waals surface area contributed by atoms with Crippen molar-refractivity contribution in [3.05, 3.63) is 54.4 Å². The second-order valence-electron chi connectivity index (χ2n) is 5.80. The Morgan fingerprint density at radius 2 is 1.63 bits per heavy atom. The van der Waals surface area contributed by atoms with Crippen molar-refractivity contribution < 1.29 is 0 Å². The average molecular weight is 251 g/mol. The van der Waals surface area contributed by atoms with Gasteiger partial charge in [-0.3, -0.25) is 0 Å². The summed E-state index contributed by atoms with van der Waals surface area (Å²) in [6.07, 6.45) is 9.04. The van der Waals surface area contributed by atoms with Crippen LogP contribution in [-0.4, -0.2) is 0 Å². The first-order chi connectivity index (χ1) is 9.40. The molecule has 0 nitrogen and oxygen atoms in total. The van der Waals surface area contributed by atoms with E-state index in [2.05, 4.69) is 43.3 Å². The molecule has 0 heterocycles. The van der Waals surface area contributed by atoms with Crippen LogP contribution in [0.2, 0.25) is 0 Å². The highest BCUT2D eigenvalue weighted by Crippen LogP contribution is 2.37. The fraction of sp³-hybridized carbons (Fsp3) is 0.421. The molecular formula is C19H23. The average Bonchev–Trinajstić information content (AvgIpc) is 2.49. The van der Waals surface area contributed by atoms with Crippen molar-refractivity contribution in [2.24, 2.45) is 0 Å². The zero-order chi connectivity index (χ0) is 13.1. The lowest BCUT2D eigenvalue weighted by molar-refractivity contribution is 0.445. The molecular weight excluding hydrogens is 228 g/mol. The van der Waals surface area contributed by atoms with Crippen molar-refractivity contribution in [3.8, 4) is 0 Å². The summed E-state index contributed by atoms with van der Waals surface area (Å²) < 4.78 is 0. The quantitative estimate of drug-likeness (QED) is 0.661. The molecule has 0 heteroatoms. The van der Waals surface area contributed by atoms with E-state index < -0.39 is 0 Å². The fourth-order valence-corrected chi connectivity index (χ4v) is 3.56. The van der Waals surface area contributed by atoms with Gasteiger partial charge in [-0.1, -0.05) is 62.6 Å². The molecule has 1 aliphatic rings. The molecule has 1 aliphatic carbocycles. The van der Waals surface area contributed by atoms with Gasteiger partial charge in [-0.25, -0.2) is 0 Å². The van der Waals surface area contributed by atoms with Crippen LogP contribution >= 0.6 is 0 Å². The molecule has 3 rings (SSSR count). The molecule has 1 radical (unpaired) electrons. The molecule has 1 fully saturated rings. The Balaban J connectivity index is 2.07. The maximum atomic E-state index is 4.00. The van der Waals surface area contributed by atoms with Gasteiger partial charge in [0.2, 0.25) is 0 Å². The summed E-state index contributed by atoms with van der Waals surface area (Å²) in [5.41, 5.74) is 3.05. The molecule has 2 aromatic carbocycles. The van der Waals surface area contributed by atoms with Crippen molar-refractivity contribution in [1.82, 2.24) is 0 Å². The van der Waals surface area contributed by atoms with Crippen LogP contribution in [0.1, 0.15) is 55.6 Å². The Kier molecular flexibility index (Phi) is 3.87. The van der Waals surface area contributed by atoms with Crippen LogP contribution in [0, 0.1) is 6.92 Å². The minimum absolute atomic E-state index is 0.785. The molecule has 1 saturated carbocycles. The van der Waals surface area contributed by atoms with E-state index in [1.807, 2.05) is 0 Å². The Morgan fingerprint density at radius 3 is 2.37 bits per heavy atom. The first-order valence-electron chi connectivity index (χ1n) is 7.70. The Hall–Kier alpha value is -1.30. The minimum atomic E-state index is 0.785. The van der Waals surface area contributed by atoms with Gasteiger partial charge in [0, 0.05) is 0 Å². The van der Waals surface area contributed by atoms with Gasteiger partial charge in [-0.05, 0) is 53.5 Å². The second-order valence-corrected chi connectivity index (χ2v) is 5.80. The number of hydrogen-bond acceptors (Lipinski definition) is 0. The molecule has 0 amide bonds. The van der Waals surface area contributed by atoms with Gasteiger partial charge < -0.3 is 0 Å². The van der Waals surface area contributed by atoms with Gasteiger partial charge in [0.05, 0.1) is 0 Å². The van der Waals surface area contributed by atoms with Crippen molar-refractivity contribution in [1.29, 1.82) is 0 Å². The molecule has 0 aromatic heterocycles. The Labute approximate surface area is 116 Å². The zero-order valence-corrected chi connectivity index (χ0v) is 11.7. The van der Waals surface area contributed by atoms with E-state index in [9.17, 15) is 0 Å². The summed E-state index contributed by atoms with van der Waals surface area (Å²) in [5.74, 6) is 0.785. The van der Waals surface area contributed by atoms with E-state index in [0.717, 1.165) is 18.8 Å². The smallest absolute Gasteiger partial charge is 0.0146 e. The summed E-state index contributed by atoms with van der Waals surface area (Å²) in [6.45, 7) is 4.00. The van der Waals surface area contributed by atoms with Gasteiger partial charge in [-0.15, -0.1) is 0 Å². The fourth-order valence-electron chi connectivity index (χ4n) is 3.56. The predicted molar refractivity (Wildman–Crippen MR) is 83.5 cm³/mol. The van der Waals surface area contributed by atoms with Crippen molar-refractivity contribution in [3.63, 3.8) is 0 Å². The molecule has 0 aliphatic heterocycles. The van der Waals surface area contributed by atoms with Crippen molar-refractivity contribution in [2.45, 2.75) is 50.9 Å². The van der Waals surface area contributed by atoms with Gasteiger partial charge in [0.15, 0.2) is 0 Å². The van der Waals surface area contributed by atoms with Crippen LogP contribution in [0.5, 0.6) is 0 Å². The standard InChI is InChI=1S/C19H23/c1-2-8-15-13-14-18(16-9-4-3-5-10-16)19-12-7-6-11-17(15)19/h6-7,11-14,16H,1-5,8-10H2. The molecule has 0 N–H and O–H groups in total. The van der Waals surface area contributed by atoms with E-state index in [1.165, 1.54) is 48.4 Å². The number of benzene rings is 2. The lowest BCUT2D eigenvalue weighted by Gasteiger charge is -2.24. The Bertz CT molecular complexity index is 547. The minimum Gasteiger partial charge on any atom is -0.0616 e. The van der Waals surface area contributed by atoms with E-state index >= 15 is 0 Å². The summed E-state index contributed by atoms with van der Waals surface area (Å²) in [7, 11) is 0. The number of aryl methyl sites for hydroxylation is 1. The topological polar surface area (TPSA) is 0 Å². The van der Waals surface area contributed by atoms with Crippen LogP contribution in [-0.2, 0) is 6.42 Å². The normalized spacial score (nSPS) is 16.9. The van der Waals surface area contributed by atoms with Gasteiger partial charge in [0.25, 0.3) is 0 Å². The first kappa shape index (κ1) is 12.7. The lowest BCUT2D eigenvalue weighted by atomic mass is 9.81. The maximum absolute atomic E-state index is 4.00. The summed E-state index contributed by atoms with van der Waals surface area (Å²) in [5, 5.41) is 2.94. The van der Waals surface area contributed by atoms with Gasteiger partial charge in [-0.2, -0.15) is 0 Å². The van der Waals surface area contributed by atoms with E-state index in [0.29, 0.717) is 0 Å². The first-order valence-corrected chi connectivity index (χ1v) is 7.70. The van der Waals surface area contributed by atoms with Crippen LogP contribution < -0.4 is 0 Å². The molecule has 0 spiro atoms. The highest BCUT2D eigenvalue weighted by atomic mass is 14.2. The van der Waals surface area contributed by atoms with Gasteiger partial charge >= 0.3 is 0 Å². The largest absolute Gasteiger partial charge is 0.0616 e. The number of fused-ring (bicyclic) bond motifs is 1. The summed E-state index contributed by atoms with van der Waals surface area (Å²) in [4.78, 5) is 0. The van der Waals surface area contributed by atoms with E-state index in [1.54, 1.807) is 5.56 Å². The molecule has 19 heavy (non-hydrogen) atoms. The lowest BCUT2D eigenvalue weighted by Crippen LogP contribution is -2.05. The SMILES string of the molecule is [CH2]CCc1ccc(C2CCCCC2)c2ccccc12. The monoisotopic (exact) mass is 251 g/mol. The molecule has 0 bridgehead atoms. The zero-order valence-electron chi connectivity index (χ0n) is 11.7. The van der Waals surface area contributed by atoms with E-state index in [4.69, 9.17) is 0 Å². The highest BCUT2D eigenvalue weighted by Gasteiger charge is 2.18. The summed E-state index contributed by atoms with van der Waals surface area (Å²) in [6, 6.07) is 13.7. The Morgan fingerprint density at radius 1 is 0.895 bits per heavy atom. The highest BCUT2D eigenvalue weighted by molar-refractivity contribution is 5.89. The molecule has 2 aromatic rings. The molecule has 0 atom stereocenters. The third-order valence-corrected chi connectivity index (χ3v) is 4.54. The number of rotatable bonds is 3. The van der Waals surface area contributed by atoms with Crippen molar-refractivity contribution >= 4 is 10.8 Å². The van der Waals surface area contributed by atoms with Gasteiger partial charge in [0.1, 0.15) is 0 Å².